The Bertz CT molecular complexity index is 302. The van der Waals surface area contributed by atoms with Gasteiger partial charge < -0.3 is 5.32 Å². The summed E-state index contributed by atoms with van der Waals surface area (Å²) in [5.74, 6) is 0. The molecule has 1 saturated heterocycles. The number of rotatable bonds is 2. The van der Waals surface area contributed by atoms with Crippen LogP contribution in [-0.4, -0.2) is 35.6 Å². The van der Waals surface area contributed by atoms with Crippen molar-refractivity contribution in [2.45, 2.75) is 19.5 Å². The lowest BCUT2D eigenvalue weighted by Crippen LogP contribution is -2.48. The third-order valence-electron chi connectivity index (χ3n) is 2.36. The highest BCUT2D eigenvalue weighted by atomic mass is 35.5. The van der Waals surface area contributed by atoms with Crippen molar-refractivity contribution in [1.82, 2.24) is 15.2 Å². The minimum absolute atomic E-state index is 0.581. The molecule has 0 radical (unpaired) electrons. The molecule has 0 aliphatic carbocycles. The van der Waals surface area contributed by atoms with Crippen LogP contribution in [0.2, 0.25) is 4.47 Å². The molecule has 0 spiro atoms. The molecule has 5 heteroatoms. The number of thiazole rings is 1. The van der Waals surface area contributed by atoms with Crippen molar-refractivity contribution >= 4 is 22.9 Å². The van der Waals surface area contributed by atoms with Gasteiger partial charge in [0, 0.05) is 37.6 Å². The third-order valence-corrected chi connectivity index (χ3v) is 3.39. The fourth-order valence-electron chi connectivity index (χ4n) is 1.74. The zero-order valence-corrected chi connectivity index (χ0v) is 9.74. The van der Waals surface area contributed by atoms with Crippen LogP contribution in [0.15, 0.2) is 5.38 Å². The number of nitrogens with zero attached hydrogens (tertiary/aromatic N) is 2. The van der Waals surface area contributed by atoms with Crippen LogP contribution >= 0.6 is 22.9 Å². The predicted octanol–water partition coefficient (Wildman–Crippen LogP) is 1.59. The topological polar surface area (TPSA) is 28.2 Å². The van der Waals surface area contributed by atoms with Gasteiger partial charge in [0.25, 0.3) is 0 Å². The molecule has 14 heavy (non-hydrogen) atoms. The van der Waals surface area contributed by atoms with Crippen LogP contribution in [0.5, 0.6) is 0 Å². The second kappa shape index (κ2) is 4.57. The molecule has 1 aromatic heterocycles. The molecular weight excluding hydrogens is 218 g/mol. The number of nitrogens with one attached hydrogen (secondary N) is 1. The first kappa shape index (κ1) is 10.4. The Morgan fingerprint density at radius 1 is 1.79 bits per heavy atom. The predicted molar refractivity (Wildman–Crippen MR) is 59.9 cm³/mol. The maximum atomic E-state index is 5.78. The van der Waals surface area contributed by atoms with E-state index in [1.165, 1.54) is 11.3 Å². The van der Waals surface area contributed by atoms with Crippen molar-refractivity contribution in [3.63, 3.8) is 0 Å². The molecule has 1 aliphatic heterocycles. The quantitative estimate of drug-likeness (QED) is 0.838. The number of piperazine rings is 1. The van der Waals surface area contributed by atoms with E-state index < -0.39 is 0 Å². The number of halogens is 1. The number of hydrogen-bond donors (Lipinski definition) is 1. The van der Waals surface area contributed by atoms with Crippen molar-refractivity contribution in [1.29, 1.82) is 0 Å². The third kappa shape index (κ3) is 2.67. The summed E-state index contributed by atoms with van der Waals surface area (Å²) in [5, 5.41) is 5.45. The van der Waals surface area contributed by atoms with E-state index >= 15 is 0 Å². The monoisotopic (exact) mass is 231 g/mol. The fourth-order valence-corrected chi connectivity index (χ4v) is 2.51. The van der Waals surface area contributed by atoms with Gasteiger partial charge in [-0.3, -0.25) is 4.90 Å². The summed E-state index contributed by atoms with van der Waals surface area (Å²) in [6.45, 7) is 6.39. The lowest BCUT2D eigenvalue weighted by molar-refractivity contribution is 0.198. The minimum atomic E-state index is 0.581. The van der Waals surface area contributed by atoms with Crippen LogP contribution in [0.4, 0.5) is 0 Å². The van der Waals surface area contributed by atoms with E-state index in [1.54, 1.807) is 0 Å². The van der Waals surface area contributed by atoms with E-state index in [1.807, 2.05) is 5.38 Å². The lowest BCUT2D eigenvalue weighted by atomic mass is 10.2. The van der Waals surface area contributed by atoms with E-state index in [0.717, 1.165) is 31.9 Å². The molecule has 3 nitrogen and oxygen atoms in total. The zero-order valence-electron chi connectivity index (χ0n) is 8.16. The van der Waals surface area contributed by atoms with Gasteiger partial charge in [-0.2, -0.15) is 0 Å². The Hall–Kier alpha value is -0.160. The molecule has 0 aromatic carbocycles. The SMILES string of the molecule is C[C@@H]1CN(Cc2csc(Cl)n2)CCN1. The molecule has 2 rings (SSSR count). The molecule has 0 bridgehead atoms. The summed E-state index contributed by atoms with van der Waals surface area (Å²) < 4.78 is 0.642. The highest BCUT2D eigenvalue weighted by molar-refractivity contribution is 7.13. The summed E-state index contributed by atoms with van der Waals surface area (Å²) in [6, 6.07) is 0.581. The van der Waals surface area contributed by atoms with Gasteiger partial charge in [-0.05, 0) is 6.92 Å². The van der Waals surface area contributed by atoms with Gasteiger partial charge in [-0.25, -0.2) is 4.98 Å². The minimum Gasteiger partial charge on any atom is -0.312 e. The van der Waals surface area contributed by atoms with Gasteiger partial charge >= 0.3 is 0 Å². The Morgan fingerprint density at radius 3 is 3.29 bits per heavy atom. The molecule has 0 amide bonds. The largest absolute Gasteiger partial charge is 0.312 e. The van der Waals surface area contributed by atoms with Crippen LogP contribution in [0.3, 0.4) is 0 Å². The van der Waals surface area contributed by atoms with E-state index in [2.05, 4.69) is 22.1 Å². The van der Waals surface area contributed by atoms with Crippen molar-refractivity contribution in [2.24, 2.45) is 0 Å². The zero-order chi connectivity index (χ0) is 9.97. The standard InChI is InChI=1S/C9H14ClN3S/c1-7-4-13(3-2-11-7)5-8-6-14-9(10)12-8/h6-7,11H,2-5H2,1H3/t7-/m1/s1. The van der Waals surface area contributed by atoms with Crippen molar-refractivity contribution < 1.29 is 0 Å². The van der Waals surface area contributed by atoms with Crippen molar-refractivity contribution in [3.05, 3.63) is 15.5 Å². The van der Waals surface area contributed by atoms with Crippen LogP contribution in [0, 0.1) is 0 Å². The molecule has 1 aliphatic rings. The van der Waals surface area contributed by atoms with E-state index in [4.69, 9.17) is 11.6 Å². The highest BCUT2D eigenvalue weighted by Gasteiger charge is 2.16. The molecule has 78 valence electrons. The summed E-state index contributed by atoms with van der Waals surface area (Å²) in [5.41, 5.74) is 1.09. The molecular formula is C9H14ClN3S. The van der Waals surface area contributed by atoms with Gasteiger partial charge in [-0.1, -0.05) is 11.6 Å². The second-order valence-corrected chi connectivity index (χ2v) is 5.12. The maximum Gasteiger partial charge on any atom is 0.183 e. The summed E-state index contributed by atoms with van der Waals surface area (Å²) >= 11 is 7.29. The van der Waals surface area contributed by atoms with Crippen molar-refractivity contribution in [3.8, 4) is 0 Å². The Balaban J connectivity index is 1.90. The summed E-state index contributed by atoms with van der Waals surface area (Å²) in [6.07, 6.45) is 0. The average molecular weight is 232 g/mol. The first-order valence-corrected chi connectivity index (χ1v) is 6.05. The average Bonchev–Trinajstić information content (AvgIpc) is 2.51. The van der Waals surface area contributed by atoms with Gasteiger partial charge in [-0.15, -0.1) is 11.3 Å². The number of aromatic nitrogens is 1. The molecule has 1 N–H and O–H groups in total. The Morgan fingerprint density at radius 2 is 2.64 bits per heavy atom. The molecule has 0 saturated carbocycles. The molecule has 1 aromatic rings. The fraction of sp³-hybridized carbons (Fsp3) is 0.667. The van der Waals surface area contributed by atoms with E-state index in [0.29, 0.717) is 10.5 Å². The van der Waals surface area contributed by atoms with E-state index in [9.17, 15) is 0 Å². The lowest BCUT2D eigenvalue weighted by Gasteiger charge is -2.31. The smallest absolute Gasteiger partial charge is 0.183 e. The van der Waals surface area contributed by atoms with Crippen LogP contribution < -0.4 is 5.32 Å². The first-order chi connectivity index (χ1) is 6.74. The normalized spacial score (nSPS) is 24.0. The first-order valence-electron chi connectivity index (χ1n) is 4.79. The molecule has 0 unspecified atom stereocenters. The van der Waals surface area contributed by atoms with Gasteiger partial charge in [0.15, 0.2) is 4.47 Å². The summed E-state index contributed by atoms with van der Waals surface area (Å²) in [4.78, 5) is 6.66. The second-order valence-electron chi connectivity index (χ2n) is 3.68. The summed E-state index contributed by atoms with van der Waals surface area (Å²) in [7, 11) is 0. The van der Waals surface area contributed by atoms with Crippen LogP contribution in [-0.2, 0) is 6.54 Å². The molecule has 2 heterocycles. The Labute approximate surface area is 93.1 Å². The van der Waals surface area contributed by atoms with Gasteiger partial charge in [0.05, 0.1) is 5.69 Å². The van der Waals surface area contributed by atoms with E-state index in [-0.39, 0.29) is 0 Å². The number of hydrogen-bond acceptors (Lipinski definition) is 4. The maximum absolute atomic E-state index is 5.78. The molecule has 1 atom stereocenters. The van der Waals surface area contributed by atoms with Crippen LogP contribution in [0.25, 0.3) is 0 Å². The molecule has 1 fully saturated rings. The highest BCUT2D eigenvalue weighted by Crippen LogP contribution is 2.16. The van der Waals surface area contributed by atoms with Gasteiger partial charge in [0.2, 0.25) is 0 Å². The Kier molecular flexibility index (Phi) is 3.38. The van der Waals surface area contributed by atoms with Crippen LogP contribution in [0.1, 0.15) is 12.6 Å². The van der Waals surface area contributed by atoms with Gasteiger partial charge in [0.1, 0.15) is 0 Å². The van der Waals surface area contributed by atoms with Crippen molar-refractivity contribution in [2.75, 3.05) is 19.6 Å².